The van der Waals surface area contributed by atoms with Crippen LogP contribution in [0.1, 0.15) is 34.1 Å². The maximum atomic E-state index is 9.64. The highest BCUT2D eigenvalue weighted by Gasteiger charge is 2.50. The average molecular weight is 204 g/mol. The van der Waals surface area contributed by atoms with Crippen molar-refractivity contribution in [1.29, 1.82) is 0 Å². The van der Waals surface area contributed by atoms with E-state index >= 15 is 0 Å². The van der Waals surface area contributed by atoms with Gasteiger partial charge in [-0.1, -0.05) is 20.8 Å². The predicted octanol–water partition coefficient (Wildman–Crippen LogP) is 2.82. The second-order valence-electron chi connectivity index (χ2n) is 5.14. The number of aliphatic hydroxyl groups is 1. The molecule has 1 aliphatic heterocycles. The molecule has 0 aromatic rings. The van der Waals surface area contributed by atoms with Crippen LogP contribution in [-0.4, -0.2) is 27.8 Å². The zero-order valence-electron chi connectivity index (χ0n) is 9.58. The molecule has 0 bridgehead atoms. The normalized spacial score (nSPS) is 42.5. The Labute approximate surface area is 84.2 Å². The van der Waals surface area contributed by atoms with Crippen molar-refractivity contribution in [2.24, 2.45) is 11.8 Å². The largest absolute Gasteiger partial charge is 0.384 e. The quantitative estimate of drug-likeness (QED) is 0.698. The van der Waals surface area contributed by atoms with Gasteiger partial charge in [0.2, 0.25) is 0 Å². The van der Waals surface area contributed by atoms with Crippen LogP contribution in [0, 0.1) is 11.8 Å². The summed E-state index contributed by atoms with van der Waals surface area (Å²) in [5.41, 5.74) is -0.0490. The third-order valence-corrected chi connectivity index (χ3v) is 7.58. The lowest BCUT2D eigenvalue weighted by atomic mass is 9.97. The Morgan fingerprint density at radius 2 is 1.85 bits per heavy atom. The number of rotatable bonds is 4. The molecular formula is C11H24OS. The molecule has 1 rings (SSSR count). The molecule has 1 saturated heterocycles. The average Bonchev–Trinajstić information content (AvgIpc) is 2.62. The zero-order chi connectivity index (χ0) is 10.2. The molecule has 1 fully saturated rings. The SMILES string of the molecule is CC(C)CC(C)C1CS1(C)C(C)O. The van der Waals surface area contributed by atoms with Gasteiger partial charge < -0.3 is 5.11 Å². The second kappa shape index (κ2) is 3.82. The van der Waals surface area contributed by atoms with Gasteiger partial charge >= 0.3 is 0 Å². The molecule has 0 radical (unpaired) electrons. The molecule has 0 spiro atoms. The lowest BCUT2D eigenvalue weighted by Crippen LogP contribution is -2.11. The molecule has 1 heterocycles. The van der Waals surface area contributed by atoms with E-state index in [1.165, 1.54) is 12.2 Å². The van der Waals surface area contributed by atoms with Gasteiger partial charge in [-0.3, -0.25) is 0 Å². The topological polar surface area (TPSA) is 20.2 Å². The van der Waals surface area contributed by atoms with Crippen molar-refractivity contribution < 1.29 is 5.11 Å². The molecule has 0 amide bonds. The molecule has 0 aliphatic carbocycles. The van der Waals surface area contributed by atoms with E-state index < -0.39 is 10.0 Å². The summed E-state index contributed by atoms with van der Waals surface area (Å²) in [6.45, 7) is 8.89. The highest BCUT2D eigenvalue weighted by atomic mass is 32.3. The first-order valence-corrected chi connectivity index (χ1v) is 7.63. The zero-order valence-corrected chi connectivity index (χ0v) is 10.4. The van der Waals surface area contributed by atoms with Crippen LogP contribution in [0.3, 0.4) is 0 Å². The molecule has 1 aliphatic rings. The molecule has 1 nitrogen and oxygen atoms in total. The first kappa shape index (κ1) is 11.4. The fourth-order valence-corrected chi connectivity index (χ4v) is 5.86. The molecule has 0 aromatic carbocycles. The van der Waals surface area contributed by atoms with E-state index in [4.69, 9.17) is 0 Å². The standard InChI is InChI=1S/C11H24OS/c1-8(2)6-9(3)11-7-13(11,5)10(4)12/h8-12H,6-7H2,1-5H3. The van der Waals surface area contributed by atoms with E-state index in [0.717, 1.165) is 17.1 Å². The summed E-state index contributed by atoms with van der Waals surface area (Å²) in [6, 6.07) is 0. The maximum absolute atomic E-state index is 9.64. The van der Waals surface area contributed by atoms with Gasteiger partial charge in [-0.2, -0.15) is 0 Å². The number of hydrogen-bond donors (Lipinski definition) is 1. The number of hydrogen-bond acceptors (Lipinski definition) is 1. The summed E-state index contributed by atoms with van der Waals surface area (Å²) in [6.07, 6.45) is 3.62. The Hall–Kier alpha value is 0.310. The van der Waals surface area contributed by atoms with Crippen molar-refractivity contribution >= 4 is 10.0 Å². The minimum atomic E-state index is -0.621. The van der Waals surface area contributed by atoms with E-state index in [2.05, 4.69) is 27.0 Å². The first-order valence-electron chi connectivity index (χ1n) is 5.29. The van der Waals surface area contributed by atoms with Crippen molar-refractivity contribution in [3.8, 4) is 0 Å². The van der Waals surface area contributed by atoms with Crippen molar-refractivity contribution in [3.63, 3.8) is 0 Å². The fraction of sp³-hybridized carbons (Fsp3) is 1.00. The van der Waals surface area contributed by atoms with Gasteiger partial charge in [-0.25, -0.2) is 10.0 Å². The Morgan fingerprint density at radius 1 is 1.31 bits per heavy atom. The monoisotopic (exact) mass is 204 g/mol. The minimum Gasteiger partial charge on any atom is -0.384 e. The van der Waals surface area contributed by atoms with Gasteiger partial charge in [-0.15, -0.1) is 0 Å². The molecule has 0 aromatic heterocycles. The number of aliphatic hydroxyl groups excluding tert-OH is 1. The van der Waals surface area contributed by atoms with Gasteiger partial charge in [0.25, 0.3) is 0 Å². The third kappa shape index (κ3) is 2.41. The van der Waals surface area contributed by atoms with Gasteiger partial charge in [0.1, 0.15) is 0 Å². The maximum Gasteiger partial charge on any atom is 0.0815 e. The molecule has 80 valence electrons. The Balaban J connectivity index is 2.41. The van der Waals surface area contributed by atoms with Crippen LogP contribution >= 0.6 is 10.0 Å². The van der Waals surface area contributed by atoms with Crippen molar-refractivity contribution in [1.82, 2.24) is 0 Å². The van der Waals surface area contributed by atoms with Crippen molar-refractivity contribution in [3.05, 3.63) is 0 Å². The van der Waals surface area contributed by atoms with Gasteiger partial charge in [-0.05, 0) is 37.2 Å². The third-order valence-electron chi connectivity index (χ3n) is 3.36. The summed E-state index contributed by atoms with van der Waals surface area (Å²) < 4.78 is 0. The molecule has 4 unspecified atom stereocenters. The molecule has 4 atom stereocenters. The van der Waals surface area contributed by atoms with Crippen LogP contribution in [0.15, 0.2) is 0 Å². The molecule has 2 heteroatoms. The van der Waals surface area contributed by atoms with E-state index in [1.54, 1.807) is 0 Å². The summed E-state index contributed by atoms with van der Waals surface area (Å²) in [5, 5.41) is 10.5. The van der Waals surface area contributed by atoms with E-state index in [-0.39, 0.29) is 5.44 Å². The lowest BCUT2D eigenvalue weighted by molar-refractivity contribution is 0.280. The van der Waals surface area contributed by atoms with E-state index in [9.17, 15) is 5.11 Å². The van der Waals surface area contributed by atoms with Gasteiger partial charge in [0.15, 0.2) is 0 Å². The summed E-state index contributed by atoms with van der Waals surface area (Å²) >= 11 is 0. The van der Waals surface area contributed by atoms with Crippen LogP contribution in [0.2, 0.25) is 0 Å². The van der Waals surface area contributed by atoms with Gasteiger partial charge in [0.05, 0.1) is 5.44 Å². The first-order chi connectivity index (χ1) is 5.88. The molecule has 13 heavy (non-hydrogen) atoms. The summed E-state index contributed by atoms with van der Waals surface area (Å²) in [7, 11) is -0.621. The van der Waals surface area contributed by atoms with Crippen LogP contribution in [0.25, 0.3) is 0 Å². The minimum absolute atomic E-state index is 0.0490. The predicted molar refractivity (Wildman–Crippen MR) is 62.5 cm³/mol. The smallest absolute Gasteiger partial charge is 0.0815 e. The molecule has 1 N–H and O–H groups in total. The lowest BCUT2D eigenvalue weighted by Gasteiger charge is -2.24. The Bertz CT molecular complexity index is 179. The fourth-order valence-electron chi connectivity index (χ4n) is 2.30. The highest BCUT2D eigenvalue weighted by Crippen LogP contribution is 2.70. The van der Waals surface area contributed by atoms with Crippen molar-refractivity contribution in [2.75, 3.05) is 12.0 Å². The summed E-state index contributed by atoms with van der Waals surface area (Å²) in [5.74, 6) is 2.92. The second-order valence-corrected chi connectivity index (χ2v) is 9.22. The highest BCUT2D eigenvalue weighted by molar-refractivity contribution is 8.39. The molecular weight excluding hydrogens is 180 g/mol. The Kier molecular flexibility index (Phi) is 3.34. The van der Waals surface area contributed by atoms with Crippen LogP contribution < -0.4 is 0 Å². The van der Waals surface area contributed by atoms with E-state index in [0.29, 0.717) is 0 Å². The van der Waals surface area contributed by atoms with Crippen LogP contribution in [0.4, 0.5) is 0 Å². The van der Waals surface area contributed by atoms with Crippen LogP contribution in [-0.2, 0) is 0 Å². The summed E-state index contributed by atoms with van der Waals surface area (Å²) in [4.78, 5) is 0. The van der Waals surface area contributed by atoms with E-state index in [1.807, 2.05) is 6.92 Å². The van der Waals surface area contributed by atoms with Gasteiger partial charge in [0, 0.05) is 5.25 Å². The Morgan fingerprint density at radius 3 is 2.15 bits per heavy atom. The van der Waals surface area contributed by atoms with Crippen LogP contribution in [0.5, 0.6) is 0 Å². The van der Waals surface area contributed by atoms with Crippen molar-refractivity contribution in [2.45, 2.75) is 44.8 Å². The molecule has 0 saturated carbocycles.